The number of rotatable bonds is 0. The monoisotopic (exact) mass is 318 g/mol. The maximum Gasteiger partial charge on any atom is 0.141 e. The van der Waals surface area contributed by atoms with E-state index in [2.05, 4.69) is 13.8 Å². The number of carbonyl (C=O) groups excluding carboxylic acids is 2. The highest BCUT2D eigenvalue weighted by Gasteiger charge is 2.69. The molecule has 4 rings (SSSR count). The molecule has 0 aromatic rings. The van der Waals surface area contributed by atoms with Crippen LogP contribution in [0.3, 0.4) is 0 Å². The average Bonchev–Trinajstić information content (AvgIpc) is 2.73. The Kier molecular flexibility index (Phi) is 3.07. The summed E-state index contributed by atoms with van der Waals surface area (Å²) >= 11 is 0. The van der Waals surface area contributed by atoms with Crippen molar-refractivity contribution in [2.24, 2.45) is 28.1 Å². The Morgan fingerprint density at radius 2 is 1.61 bits per heavy atom. The summed E-state index contributed by atoms with van der Waals surface area (Å²) in [5.74, 6) is 1.38. The summed E-state index contributed by atoms with van der Waals surface area (Å²) in [6.45, 7) is 6.69. The fourth-order valence-corrected chi connectivity index (χ4v) is 7.14. The third kappa shape index (κ3) is 1.70. The van der Waals surface area contributed by atoms with Crippen LogP contribution in [0.5, 0.6) is 0 Å². The fraction of sp³-hybridized carbons (Fsp3) is 0.900. The molecular formula is C20H30O3. The van der Waals surface area contributed by atoms with Crippen molar-refractivity contribution in [1.29, 1.82) is 0 Å². The smallest absolute Gasteiger partial charge is 0.141 e. The van der Waals surface area contributed by atoms with Crippen LogP contribution in [0.15, 0.2) is 0 Å². The van der Waals surface area contributed by atoms with E-state index in [1.54, 1.807) is 0 Å². The minimum Gasteiger partial charge on any atom is -0.389 e. The molecule has 0 bridgehead atoms. The van der Waals surface area contributed by atoms with Gasteiger partial charge in [0.2, 0.25) is 0 Å². The van der Waals surface area contributed by atoms with E-state index in [1.165, 1.54) is 0 Å². The first kappa shape index (κ1) is 15.8. The zero-order chi connectivity index (χ0) is 16.7. The zero-order valence-electron chi connectivity index (χ0n) is 14.8. The van der Waals surface area contributed by atoms with Gasteiger partial charge in [-0.15, -0.1) is 0 Å². The molecule has 0 saturated heterocycles. The summed E-state index contributed by atoms with van der Waals surface area (Å²) < 4.78 is 0. The van der Waals surface area contributed by atoms with Gasteiger partial charge in [-0.25, -0.2) is 0 Å². The second-order valence-electron chi connectivity index (χ2n) is 9.66. The van der Waals surface area contributed by atoms with E-state index in [1.807, 2.05) is 6.92 Å². The van der Waals surface area contributed by atoms with E-state index in [4.69, 9.17) is 0 Å². The van der Waals surface area contributed by atoms with Crippen molar-refractivity contribution in [3.8, 4) is 0 Å². The zero-order valence-corrected chi connectivity index (χ0v) is 14.8. The summed E-state index contributed by atoms with van der Waals surface area (Å²) in [4.78, 5) is 24.5. The van der Waals surface area contributed by atoms with Gasteiger partial charge in [-0.1, -0.05) is 13.8 Å². The van der Waals surface area contributed by atoms with E-state index in [0.717, 1.165) is 32.1 Å². The Hall–Kier alpha value is -0.700. The van der Waals surface area contributed by atoms with Gasteiger partial charge in [0.15, 0.2) is 0 Å². The van der Waals surface area contributed by atoms with E-state index < -0.39 is 11.0 Å². The van der Waals surface area contributed by atoms with Gasteiger partial charge in [-0.05, 0) is 68.1 Å². The maximum absolute atomic E-state index is 12.5. The number of carbonyl (C=O) groups is 2. The number of ketones is 2. The summed E-state index contributed by atoms with van der Waals surface area (Å²) in [6, 6.07) is 0. The van der Waals surface area contributed by atoms with Crippen LogP contribution in [0.25, 0.3) is 0 Å². The van der Waals surface area contributed by atoms with Gasteiger partial charge in [0.25, 0.3) is 0 Å². The number of aliphatic hydroxyl groups is 1. The van der Waals surface area contributed by atoms with Crippen LogP contribution < -0.4 is 0 Å². The molecule has 6 unspecified atom stereocenters. The number of hydrogen-bond acceptors (Lipinski definition) is 3. The normalized spacial score (nSPS) is 56.0. The largest absolute Gasteiger partial charge is 0.389 e. The van der Waals surface area contributed by atoms with Gasteiger partial charge in [-0.2, -0.15) is 0 Å². The number of fused-ring (bicyclic) bond motifs is 5. The Morgan fingerprint density at radius 1 is 0.913 bits per heavy atom. The van der Waals surface area contributed by atoms with E-state index in [-0.39, 0.29) is 22.5 Å². The lowest BCUT2D eigenvalue weighted by molar-refractivity contribution is -0.214. The highest BCUT2D eigenvalue weighted by molar-refractivity contribution is 5.88. The van der Waals surface area contributed by atoms with E-state index >= 15 is 0 Å². The Labute approximate surface area is 139 Å². The predicted molar refractivity (Wildman–Crippen MR) is 87.8 cm³/mol. The van der Waals surface area contributed by atoms with Crippen LogP contribution in [0, 0.1) is 28.1 Å². The Bertz CT molecular complexity index is 583. The van der Waals surface area contributed by atoms with Gasteiger partial charge < -0.3 is 5.11 Å². The lowest BCUT2D eigenvalue weighted by Gasteiger charge is -2.65. The second-order valence-corrected chi connectivity index (χ2v) is 9.66. The first-order chi connectivity index (χ1) is 10.7. The van der Waals surface area contributed by atoms with Crippen LogP contribution in [0.2, 0.25) is 0 Å². The van der Waals surface area contributed by atoms with Crippen molar-refractivity contribution in [1.82, 2.24) is 0 Å². The lowest BCUT2D eigenvalue weighted by Crippen LogP contribution is -2.64. The molecular weight excluding hydrogens is 288 g/mol. The first-order valence-electron chi connectivity index (χ1n) is 9.44. The van der Waals surface area contributed by atoms with E-state index in [9.17, 15) is 14.7 Å². The molecule has 4 aliphatic rings. The standard InChI is InChI=1S/C20H30O3/c1-17-8-5-15-14(18(17,2)9-4-13(21)12-17)6-10-19(3)16(22)7-11-20(15,19)23/h14-15,23H,4-12H2,1-3H3. The molecule has 0 amide bonds. The lowest BCUT2D eigenvalue weighted by atomic mass is 9.40. The predicted octanol–water partition coefficient (Wildman–Crippen LogP) is 3.67. The molecule has 0 aromatic heterocycles. The minimum atomic E-state index is -0.807. The van der Waals surface area contributed by atoms with Crippen LogP contribution in [-0.2, 0) is 9.59 Å². The molecule has 23 heavy (non-hydrogen) atoms. The van der Waals surface area contributed by atoms with Crippen molar-refractivity contribution in [2.45, 2.75) is 84.2 Å². The van der Waals surface area contributed by atoms with Crippen LogP contribution in [0.1, 0.15) is 78.6 Å². The minimum absolute atomic E-state index is 0.0796. The molecule has 128 valence electrons. The van der Waals surface area contributed by atoms with E-state index in [0.29, 0.717) is 37.4 Å². The van der Waals surface area contributed by atoms with Crippen molar-refractivity contribution in [2.75, 3.05) is 0 Å². The molecule has 0 aromatic carbocycles. The third-order valence-electron chi connectivity index (χ3n) is 9.07. The summed E-state index contributed by atoms with van der Waals surface area (Å²) in [5, 5.41) is 11.6. The quantitative estimate of drug-likeness (QED) is 0.741. The molecule has 0 radical (unpaired) electrons. The van der Waals surface area contributed by atoms with Gasteiger partial charge in [0, 0.05) is 19.3 Å². The molecule has 3 nitrogen and oxygen atoms in total. The van der Waals surface area contributed by atoms with Gasteiger partial charge >= 0.3 is 0 Å². The Morgan fingerprint density at radius 3 is 2.35 bits per heavy atom. The Balaban J connectivity index is 1.75. The SMILES string of the molecule is CC12CCC3C(CCC4(C)C(=O)CCC34O)C1(C)CCC(=O)C2. The number of hydrogen-bond donors (Lipinski definition) is 1. The highest BCUT2D eigenvalue weighted by Crippen LogP contribution is 2.69. The van der Waals surface area contributed by atoms with Crippen LogP contribution in [0.4, 0.5) is 0 Å². The maximum atomic E-state index is 12.5. The summed E-state index contributed by atoms with van der Waals surface area (Å²) in [5.41, 5.74) is -1.12. The van der Waals surface area contributed by atoms with Crippen molar-refractivity contribution >= 4 is 11.6 Å². The van der Waals surface area contributed by atoms with Gasteiger partial charge in [0.05, 0.1) is 11.0 Å². The van der Waals surface area contributed by atoms with Crippen LogP contribution >= 0.6 is 0 Å². The van der Waals surface area contributed by atoms with Crippen molar-refractivity contribution in [3.05, 3.63) is 0 Å². The molecule has 1 N–H and O–H groups in total. The van der Waals surface area contributed by atoms with Gasteiger partial charge in [0.1, 0.15) is 11.6 Å². The van der Waals surface area contributed by atoms with Gasteiger partial charge in [-0.3, -0.25) is 9.59 Å². The molecule has 0 aliphatic heterocycles. The molecule has 4 saturated carbocycles. The first-order valence-corrected chi connectivity index (χ1v) is 9.44. The number of Topliss-reactive ketones (excluding diaryl/α,β-unsaturated/α-hetero) is 2. The topological polar surface area (TPSA) is 54.4 Å². The molecule has 3 heteroatoms. The molecule has 6 atom stereocenters. The van der Waals surface area contributed by atoms with Crippen molar-refractivity contribution < 1.29 is 14.7 Å². The molecule has 4 aliphatic carbocycles. The highest BCUT2D eigenvalue weighted by atomic mass is 16.3. The average molecular weight is 318 g/mol. The molecule has 0 heterocycles. The molecule has 0 spiro atoms. The summed E-state index contributed by atoms with van der Waals surface area (Å²) in [7, 11) is 0. The van der Waals surface area contributed by atoms with Crippen LogP contribution in [-0.4, -0.2) is 22.3 Å². The fourth-order valence-electron chi connectivity index (χ4n) is 7.14. The van der Waals surface area contributed by atoms with Crippen molar-refractivity contribution in [3.63, 3.8) is 0 Å². The molecule has 4 fully saturated rings. The third-order valence-corrected chi connectivity index (χ3v) is 9.07. The summed E-state index contributed by atoms with van der Waals surface area (Å²) in [6.07, 6.45) is 7.42. The second kappa shape index (κ2) is 4.47.